The Kier molecular flexibility index (Phi) is 9.50. The molecule has 2 saturated carbocycles. The highest BCUT2D eigenvalue weighted by atomic mass is 16.6. The lowest BCUT2D eigenvalue weighted by Gasteiger charge is -2.57. The molecular weight excluding hydrogens is 516 g/mol. The van der Waals surface area contributed by atoms with Crippen LogP contribution in [0.15, 0.2) is 53.6 Å². The summed E-state index contributed by atoms with van der Waals surface area (Å²) in [5, 5.41) is 0. The number of unbranched alkanes of at least 4 members (excludes halogenated alkanes) is 1. The highest BCUT2D eigenvalue weighted by Crippen LogP contribution is 2.60. The van der Waals surface area contributed by atoms with Crippen molar-refractivity contribution in [2.24, 2.45) is 22.7 Å². The second-order valence-corrected chi connectivity index (χ2v) is 13.4. The van der Waals surface area contributed by atoms with Crippen molar-refractivity contribution in [2.45, 2.75) is 118 Å². The van der Waals surface area contributed by atoms with Crippen LogP contribution in [0.25, 0.3) is 0 Å². The molecule has 6 atom stereocenters. The molecule has 3 aliphatic rings. The van der Waals surface area contributed by atoms with Crippen molar-refractivity contribution in [3.8, 4) is 0 Å². The van der Waals surface area contributed by atoms with Crippen LogP contribution < -0.4 is 0 Å². The summed E-state index contributed by atoms with van der Waals surface area (Å²) in [7, 11) is 0. The number of ether oxygens (including phenoxy) is 3. The smallest absolute Gasteiger partial charge is 0.306 e. The quantitative estimate of drug-likeness (QED) is 0.143. The Hall–Kier alpha value is -2.89. The maximum Gasteiger partial charge on any atom is 0.306 e. The van der Waals surface area contributed by atoms with Gasteiger partial charge in [-0.3, -0.25) is 14.4 Å². The van der Waals surface area contributed by atoms with E-state index in [9.17, 15) is 14.4 Å². The van der Waals surface area contributed by atoms with Gasteiger partial charge in [0.05, 0.1) is 0 Å². The van der Waals surface area contributed by atoms with Gasteiger partial charge < -0.3 is 14.2 Å². The molecule has 0 heterocycles. The number of allylic oxidation sites excluding steroid dienone is 1. The van der Waals surface area contributed by atoms with Gasteiger partial charge in [-0.15, -0.1) is 0 Å². The summed E-state index contributed by atoms with van der Waals surface area (Å²) in [4.78, 5) is 37.8. The first kappa shape index (κ1) is 31.1. The fraction of sp³-hybridized carbons (Fsp3) is 0.629. The Bertz CT molecular complexity index is 1180. The van der Waals surface area contributed by atoms with Gasteiger partial charge >= 0.3 is 17.9 Å². The molecule has 0 spiro atoms. The highest BCUT2D eigenvalue weighted by Gasteiger charge is 2.58. The first-order valence-electron chi connectivity index (χ1n) is 15.3. The Morgan fingerprint density at radius 3 is 2.27 bits per heavy atom. The molecule has 0 unspecified atom stereocenters. The molecular formula is C35H48O6. The zero-order valence-electron chi connectivity index (χ0n) is 25.8. The number of benzene rings is 1. The van der Waals surface area contributed by atoms with Crippen molar-refractivity contribution in [1.29, 1.82) is 0 Å². The van der Waals surface area contributed by atoms with Crippen LogP contribution in [0.5, 0.6) is 0 Å². The largest absolute Gasteiger partial charge is 0.462 e. The fourth-order valence-electron chi connectivity index (χ4n) is 8.16. The number of aryl methyl sites for hydroxylation is 1. The summed E-state index contributed by atoms with van der Waals surface area (Å²) in [5.74, 6) is -1.03. The minimum atomic E-state index is -0.428. The Morgan fingerprint density at radius 1 is 0.927 bits per heavy atom. The average molecular weight is 565 g/mol. The van der Waals surface area contributed by atoms with Crippen molar-refractivity contribution in [3.63, 3.8) is 0 Å². The van der Waals surface area contributed by atoms with E-state index in [1.165, 1.54) is 25.0 Å². The molecule has 0 N–H and O–H groups in total. The van der Waals surface area contributed by atoms with Crippen LogP contribution in [0.2, 0.25) is 0 Å². The Morgan fingerprint density at radius 2 is 1.61 bits per heavy atom. The first-order chi connectivity index (χ1) is 19.3. The number of hydrogen-bond donors (Lipinski definition) is 0. The van der Waals surface area contributed by atoms with Gasteiger partial charge in [0.15, 0.2) is 0 Å². The van der Waals surface area contributed by atoms with Gasteiger partial charge in [-0.1, -0.05) is 63.3 Å². The van der Waals surface area contributed by atoms with Crippen molar-refractivity contribution in [2.75, 3.05) is 0 Å². The van der Waals surface area contributed by atoms with E-state index in [1.807, 2.05) is 18.2 Å². The van der Waals surface area contributed by atoms with Crippen LogP contribution in [0.1, 0.15) is 98.5 Å². The van der Waals surface area contributed by atoms with Gasteiger partial charge in [0.1, 0.15) is 18.3 Å². The minimum Gasteiger partial charge on any atom is -0.462 e. The van der Waals surface area contributed by atoms with Crippen LogP contribution in [-0.4, -0.2) is 36.2 Å². The van der Waals surface area contributed by atoms with Gasteiger partial charge in [0.2, 0.25) is 0 Å². The van der Waals surface area contributed by atoms with Crippen molar-refractivity contribution in [1.82, 2.24) is 0 Å². The van der Waals surface area contributed by atoms with Gasteiger partial charge in [-0.25, -0.2) is 0 Å². The third-order valence-corrected chi connectivity index (χ3v) is 9.97. The SMILES string of the molecule is C=C1[C@@H](OC(=O)CCCCc2ccccc2)CC[C@@]2(C)C[C@H](OC(C)=O)C3=C(C)CC[C@@H]([C@@H](OC(C)=O)[C@H]12)C3(C)C. The second-order valence-electron chi connectivity index (χ2n) is 13.4. The molecule has 224 valence electrons. The predicted molar refractivity (Wildman–Crippen MR) is 159 cm³/mol. The van der Waals surface area contributed by atoms with E-state index in [0.717, 1.165) is 49.7 Å². The molecule has 0 saturated heterocycles. The van der Waals surface area contributed by atoms with Crippen LogP contribution in [0.3, 0.4) is 0 Å². The minimum absolute atomic E-state index is 0.0111. The zero-order valence-corrected chi connectivity index (χ0v) is 25.8. The van der Waals surface area contributed by atoms with E-state index in [0.29, 0.717) is 19.3 Å². The molecule has 41 heavy (non-hydrogen) atoms. The molecule has 0 amide bonds. The first-order valence-corrected chi connectivity index (χ1v) is 15.3. The Labute approximate surface area is 245 Å². The van der Waals surface area contributed by atoms with E-state index in [4.69, 9.17) is 14.2 Å². The molecule has 4 rings (SSSR count). The third kappa shape index (κ3) is 6.79. The standard InChI is InChI=1S/C35H48O6/c1-22-17-18-27-33(40-25(4)37)32-23(2)28(41-30(38)16-12-11-15-26-13-9-8-10-14-26)19-20-35(32,7)21-29(39-24(3)36)31(22)34(27,5)6/h8-10,13-14,27-29,32-33H,2,11-12,15-21H2,1,3-7H3/t27-,28-,29-,32-,33+,35-/m0/s1. The van der Waals surface area contributed by atoms with E-state index in [1.54, 1.807) is 0 Å². The normalized spacial score (nSPS) is 30.9. The number of fused-ring (bicyclic) bond motifs is 3. The topological polar surface area (TPSA) is 78.9 Å². The number of rotatable bonds is 8. The van der Waals surface area contributed by atoms with Crippen LogP contribution in [0, 0.1) is 22.7 Å². The van der Waals surface area contributed by atoms with Crippen molar-refractivity contribution < 1.29 is 28.6 Å². The van der Waals surface area contributed by atoms with Gasteiger partial charge in [-0.05, 0) is 85.8 Å². The summed E-state index contributed by atoms with van der Waals surface area (Å²) >= 11 is 0. The summed E-state index contributed by atoms with van der Waals surface area (Å²) in [5.41, 5.74) is 3.80. The summed E-state index contributed by atoms with van der Waals surface area (Å²) in [6.45, 7) is 16.2. The molecule has 0 radical (unpaired) electrons. The maximum atomic E-state index is 13.0. The molecule has 0 aliphatic heterocycles. The number of esters is 3. The van der Waals surface area contributed by atoms with Gasteiger partial charge in [0.25, 0.3) is 0 Å². The van der Waals surface area contributed by atoms with E-state index in [-0.39, 0.29) is 46.7 Å². The third-order valence-electron chi connectivity index (χ3n) is 9.97. The van der Waals surface area contributed by atoms with Crippen LogP contribution >= 0.6 is 0 Å². The number of carbonyl (C=O) groups is 3. The van der Waals surface area contributed by atoms with Crippen molar-refractivity contribution >= 4 is 17.9 Å². The maximum absolute atomic E-state index is 13.0. The highest BCUT2D eigenvalue weighted by molar-refractivity contribution is 5.70. The summed E-state index contributed by atoms with van der Waals surface area (Å²) < 4.78 is 18.3. The van der Waals surface area contributed by atoms with Gasteiger partial charge in [-0.2, -0.15) is 0 Å². The predicted octanol–water partition coefficient (Wildman–Crippen LogP) is 7.30. The second kappa shape index (κ2) is 12.5. The molecule has 1 aromatic rings. The van der Waals surface area contributed by atoms with Crippen molar-refractivity contribution in [3.05, 3.63) is 59.2 Å². The molecule has 0 aromatic heterocycles. The Balaban J connectivity index is 1.57. The summed E-state index contributed by atoms with van der Waals surface area (Å²) in [6, 6.07) is 10.3. The lowest BCUT2D eigenvalue weighted by Crippen LogP contribution is -2.57. The number of carbonyl (C=O) groups excluding carboxylic acids is 3. The molecule has 2 bridgehead atoms. The van der Waals surface area contributed by atoms with E-state index < -0.39 is 12.2 Å². The lowest BCUT2D eigenvalue weighted by molar-refractivity contribution is -0.171. The van der Waals surface area contributed by atoms with Crippen LogP contribution in [0.4, 0.5) is 0 Å². The monoisotopic (exact) mass is 564 g/mol. The summed E-state index contributed by atoms with van der Waals surface area (Å²) in [6.07, 6.45) is 5.51. The zero-order chi connectivity index (χ0) is 29.9. The number of hydrogen-bond acceptors (Lipinski definition) is 6. The van der Waals surface area contributed by atoms with E-state index >= 15 is 0 Å². The molecule has 6 nitrogen and oxygen atoms in total. The molecule has 6 heteroatoms. The fourth-order valence-corrected chi connectivity index (χ4v) is 8.16. The lowest BCUT2D eigenvalue weighted by atomic mass is 9.50. The molecule has 1 aromatic carbocycles. The molecule has 3 aliphatic carbocycles. The average Bonchev–Trinajstić information content (AvgIpc) is 2.87. The van der Waals surface area contributed by atoms with E-state index in [2.05, 4.69) is 46.4 Å². The molecule has 2 fully saturated rings. The van der Waals surface area contributed by atoms with Gasteiger partial charge in [0, 0.05) is 32.1 Å². The van der Waals surface area contributed by atoms with Crippen LogP contribution in [-0.2, 0) is 35.0 Å².